The van der Waals surface area contributed by atoms with Gasteiger partial charge >= 0.3 is 5.97 Å². The zero-order valence-corrected chi connectivity index (χ0v) is 13.1. The third kappa shape index (κ3) is 3.89. The first-order chi connectivity index (χ1) is 10.5. The molecule has 0 saturated carbocycles. The molecule has 0 spiro atoms. The molecule has 116 valence electrons. The number of halogens is 1. The van der Waals surface area contributed by atoms with E-state index in [9.17, 15) is 9.59 Å². The molecular weight excluding hydrogens is 306 g/mol. The maximum Gasteiger partial charge on any atom is 0.325 e. The molecule has 0 bridgehead atoms. The number of methoxy groups -OCH3 is 1. The number of amides is 1. The summed E-state index contributed by atoms with van der Waals surface area (Å²) in [6, 6.07) is 10.6. The molecule has 1 amide bonds. The van der Waals surface area contributed by atoms with Crippen molar-refractivity contribution < 1.29 is 18.7 Å². The SMILES string of the molecule is COC(=O)CN(Cc1ccccc1C)C(=O)c1ccc(Cl)o1. The minimum absolute atomic E-state index is 0.0856. The first kappa shape index (κ1) is 16.1. The molecule has 22 heavy (non-hydrogen) atoms. The van der Waals surface area contributed by atoms with E-state index in [-0.39, 0.29) is 24.1 Å². The molecule has 0 saturated heterocycles. The first-order valence-corrected chi connectivity index (χ1v) is 7.05. The Bertz CT molecular complexity index is 680. The minimum Gasteiger partial charge on any atom is -0.468 e. The largest absolute Gasteiger partial charge is 0.468 e. The molecule has 2 rings (SSSR count). The molecule has 6 heteroatoms. The zero-order chi connectivity index (χ0) is 16.1. The second-order valence-electron chi connectivity index (χ2n) is 4.77. The van der Waals surface area contributed by atoms with E-state index < -0.39 is 11.9 Å². The van der Waals surface area contributed by atoms with Crippen molar-refractivity contribution in [3.63, 3.8) is 0 Å². The van der Waals surface area contributed by atoms with E-state index in [2.05, 4.69) is 4.74 Å². The molecule has 0 aliphatic carbocycles. The predicted molar refractivity (Wildman–Crippen MR) is 81.7 cm³/mol. The summed E-state index contributed by atoms with van der Waals surface area (Å²) < 4.78 is 9.78. The van der Waals surface area contributed by atoms with Gasteiger partial charge in [0, 0.05) is 6.54 Å². The molecule has 5 nitrogen and oxygen atoms in total. The number of hydrogen-bond acceptors (Lipinski definition) is 4. The number of carbonyl (C=O) groups excluding carboxylic acids is 2. The van der Waals surface area contributed by atoms with Gasteiger partial charge in [-0.15, -0.1) is 0 Å². The van der Waals surface area contributed by atoms with Crippen LogP contribution >= 0.6 is 11.6 Å². The van der Waals surface area contributed by atoms with Crippen LogP contribution < -0.4 is 0 Å². The molecule has 1 heterocycles. The smallest absolute Gasteiger partial charge is 0.325 e. The van der Waals surface area contributed by atoms with E-state index in [4.69, 9.17) is 16.0 Å². The van der Waals surface area contributed by atoms with Gasteiger partial charge < -0.3 is 14.1 Å². The van der Waals surface area contributed by atoms with Crippen LogP contribution in [-0.4, -0.2) is 30.4 Å². The van der Waals surface area contributed by atoms with Crippen LogP contribution in [0.5, 0.6) is 0 Å². The summed E-state index contributed by atoms with van der Waals surface area (Å²) in [4.78, 5) is 25.4. The number of hydrogen-bond donors (Lipinski definition) is 0. The number of nitrogens with zero attached hydrogens (tertiary/aromatic N) is 1. The van der Waals surface area contributed by atoms with E-state index in [0.29, 0.717) is 0 Å². The van der Waals surface area contributed by atoms with Crippen LogP contribution in [0.25, 0.3) is 0 Å². The fraction of sp³-hybridized carbons (Fsp3) is 0.250. The lowest BCUT2D eigenvalue weighted by atomic mass is 10.1. The highest BCUT2D eigenvalue weighted by Crippen LogP contribution is 2.17. The van der Waals surface area contributed by atoms with Gasteiger partial charge in [-0.25, -0.2) is 0 Å². The Hall–Kier alpha value is -2.27. The molecule has 0 radical (unpaired) electrons. The lowest BCUT2D eigenvalue weighted by Gasteiger charge is -2.21. The number of rotatable bonds is 5. The second-order valence-corrected chi connectivity index (χ2v) is 5.14. The molecule has 1 aromatic heterocycles. The monoisotopic (exact) mass is 321 g/mol. The third-order valence-electron chi connectivity index (χ3n) is 3.24. The van der Waals surface area contributed by atoms with Crippen molar-refractivity contribution in [3.05, 3.63) is 58.5 Å². The maximum atomic E-state index is 12.5. The zero-order valence-electron chi connectivity index (χ0n) is 12.3. The van der Waals surface area contributed by atoms with Crippen LogP contribution in [0.3, 0.4) is 0 Å². The van der Waals surface area contributed by atoms with Gasteiger partial charge in [-0.1, -0.05) is 24.3 Å². The Morgan fingerprint density at radius 3 is 2.55 bits per heavy atom. The molecule has 0 aliphatic rings. The summed E-state index contributed by atoms with van der Waals surface area (Å²) in [7, 11) is 1.28. The van der Waals surface area contributed by atoms with Crippen molar-refractivity contribution >= 4 is 23.5 Å². The summed E-state index contributed by atoms with van der Waals surface area (Å²) in [6.07, 6.45) is 0. The first-order valence-electron chi connectivity index (χ1n) is 6.67. The van der Waals surface area contributed by atoms with Gasteiger partial charge in [-0.2, -0.15) is 0 Å². The van der Waals surface area contributed by atoms with E-state index in [0.717, 1.165) is 11.1 Å². The minimum atomic E-state index is -0.500. The van der Waals surface area contributed by atoms with Crippen LogP contribution in [0.4, 0.5) is 0 Å². The van der Waals surface area contributed by atoms with Gasteiger partial charge in [0.2, 0.25) is 0 Å². The lowest BCUT2D eigenvalue weighted by molar-refractivity contribution is -0.141. The van der Waals surface area contributed by atoms with Crippen LogP contribution in [0.2, 0.25) is 5.22 Å². The summed E-state index contributed by atoms with van der Waals surface area (Å²) in [6.45, 7) is 2.06. The van der Waals surface area contributed by atoms with Crippen LogP contribution in [0, 0.1) is 6.92 Å². The summed E-state index contributed by atoms with van der Waals surface area (Å²) in [5.41, 5.74) is 1.97. The van der Waals surface area contributed by atoms with Crippen molar-refractivity contribution in [1.29, 1.82) is 0 Å². The quantitative estimate of drug-likeness (QED) is 0.794. The van der Waals surface area contributed by atoms with Crippen molar-refractivity contribution in [2.75, 3.05) is 13.7 Å². The van der Waals surface area contributed by atoms with Gasteiger partial charge in [-0.3, -0.25) is 9.59 Å². The maximum absolute atomic E-state index is 12.5. The second kappa shape index (κ2) is 7.13. The lowest BCUT2D eigenvalue weighted by Crippen LogP contribution is -2.35. The standard InChI is InChI=1S/C16H16ClNO4/c1-11-5-3-4-6-12(11)9-18(10-15(19)21-2)16(20)13-7-8-14(17)22-13/h3-8H,9-10H2,1-2H3. The topological polar surface area (TPSA) is 59.8 Å². The van der Waals surface area contributed by atoms with Crippen molar-refractivity contribution in [3.8, 4) is 0 Å². The average Bonchev–Trinajstić information content (AvgIpc) is 2.94. The van der Waals surface area contributed by atoms with E-state index >= 15 is 0 Å². The highest BCUT2D eigenvalue weighted by Gasteiger charge is 2.22. The fourth-order valence-electron chi connectivity index (χ4n) is 2.00. The highest BCUT2D eigenvalue weighted by atomic mass is 35.5. The number of benzene rings is 1. The van der Waals surface area contributed by atoms with Gasteiger partial charge in [0.25, 0.3) is 5.91 Å². The van der Waals surface area contributed by atoms with Gasteiger partial charge in [-0.05, 0) is 41.8 Å². The number of carbonyl (C=O) groups is 2. The molecule has 0 aliphatic heterocycles. The Balaban J connectivity index is 2.24. The van der Waals surface area contributed by atoms with E-state index in [1.165, 1.54) is 24.1 Å². The average molecular weight is 322 g/mol. The molecule has 2 aromatic rings. The van der Waals surface area contributed by atoms with Gasteiger partial charge in [0.15, 0.2) is 11.0 Å². The highest BCUT2D eigenvalue weighted by molar-refractivity contribution is 6.29. The molecule has 0 N–H and O–H groups in total. The number of ether oxygens (including phenoxy) is 1. The Kier molecular flexibility index (Phi) is 5.22. The third-order valence-corrected chi connectivity index (χ3v) is 3.44. The number of furan rings is 1. The Morgan fingerprint density at radius 1 is 1.23 bits per heavy atom. The fourth-order valence-corrected chi connectivity index (χ4v) is 2.14. The van der Waals surface area contributed by atoms with Gasteiger partial charge in [0.05, 0.1) is 7.11 Å². The Labute approximate surface area is 133 Å². The number of esters is 1. The van der Waals surface area contributed by atoms with Crippen molar-refractivity contribution in [2.24, 2.45) is 0 Å². The number of aryl methyl sites for hydroxylation is 1. The Morgan fingerprint density at radius 2 is 1.95 bits per heavy atom. The van der Waals surface area contributed by atoms with Crippen LogP contribution in [0.1, 0.15) is 21.7 Å². The van der Waals surface area contributed by atoms with E-state index in [1.807, 2.05) is 31.2 Å². The molecule has 1 aromatic carbocycles. The van der Waals surface area contributed by atoms with Crippen molar-refractivity contribution in [1.82, 2.24) is 4.90 Å². The normalized spacial score (nSPS) is 10.3. The summed E-state index contributed by atoms with van der Waals surface area (Å²) in [5.74, 6) is -0.831. The predicted octanol–water partition coefficient (Wildman–Crippen LogP) is 3.06. The van der Waals surface area contributed by atoms with E-state index in [1.54, 1.807) is 0 Å². The molecule has 0 atom stereocenters. The van der Waals surface area contributed by atoms with Crippen molar-refractivity contribution in [2.45, 2.75) is 13.5 Å². The summed E-state index contributed by atoms with van der Waals surface area (Å²) in [5, 5.41) is 0.122. The summed E-state index contributed by atoms with van der Waals surface area (Å²) >= 11 is 5.70. The van der Waals surface area contributed by atoms with Crippen LogP contribution in [-0.2, 0) is 16.1 Å². The molecular formula is C16H16ClNO4. The van der Waals surface area contributed by atoms with Gasteiger partial charge in [0.1, 0.15) is 6.54 Å². The molecule has 0 unspecified atom stereocenters. The molecule has 0 fully saturated rings. The van der Waals surface area contributed by atoms with Crippen LogP contribution in [0.15, 0.2) is 40.8 Å².